The number of fused-ring (bicyclic) bond motifs is 1. The molecule has 0 radical (unpaired) electrons. The Labute approximate surface area is 120 Å². The van der Waals surface area contributed by atoms with Crippen LogP contribution in [0.1, 0.15) is 40.5 Å². The molecule has 112 valence electrons. The first-order valence-corrected chi connectivity index (χ1v) is 7.48. The first kappa shape index (κ1) is 13.7. The van der Waals surface area contributed by atoms with Crippen LogP contribution in [-0.4, -0.2) is 41.1 Å². The van der Waals surface area contributed by atoms with Crippen molar-refractivity contribution in [3.8, 4) is 0 Å². The van der Waals surface area contributed by atoms with Crippen molar-refractivity contribution in [1.82, 2.24) is 10.2 Å². The lowest BCUT2D eigenvalue weighted by Crippen LogP contribution is -2.40. The van der Waals surface area contributed by atoms with Crippen LogP contribution in [0, 0.1) is 17.8 Å². The average molecular weight is 280 g/mol. The van der Waals surface area contributed by atoms with E-state index in [0.717, 1.165) is 12.8 Å². The molecule has 3 rings (SSSR count). The highest BCUT2D eigenvalue weighted by Gasteiger charge is 2.61. The number of carbonyl (C=O) groups excluding carboxylic acids is 2. The van der Waals surface area contributed by atoms with Gasteiger partial charge in [-0.3, -0.25) is 4.79 Å². The van der Waals surface area contributed by atoms with E-state index in [0.29, 0.717) is 24.9 Å². The molecule has 3 aliphatic rings. The maximum atomic E-state index is 12.1. The summed E-state index contributed by atoms with van der Waals surface area (Å²) in [5, 5.41) is 3.13. The molecule has 2 saturated carbocycles. The Bertz CT molecular complexity index is 421. The van der Waals surface area contributed by atoms with Crippen molar-refractivity contribution in [3.63, 3.8) is 0 Å². The van der Waals surface area contributed by atoms with Crippen molar-refractivity contribution in [2.75, 3.05) is 13.1 Å². The molecule has 0 aromatic heterocycles. The van der Waals surface area contributed by atoms with Gasteiger partial charge in [0.25, 0.3) is 0 Å². The van der Waals surface area contributed by atoms with E-state index in [1.807, 2.05) is 20.8 Å². The van der Waals surface area contributed by atoms with E-state index >= 15 is 0 Å². The lowest BCUT2D eigenvalue weighted by molar-refractivity contribution is -0.124. The van der Waals surface area contributed by atoms with Gasteiger partial charge < -0.3 is 15.0 Å². The fourth-order valence-electron chi connectivity index (χ4n) is 3.08. The van der Waals surface area contributed by atoms with Crippen LogP contribution >= 0.6 is 0 Å². The quantitative estimate of drug-likeness (QED) is 0.838. The molecule has 2 aliphatic carbocycles. The second-order valence-corrected chi connectivity index (χ2v) is 7.79. The predicted octanol–water partition coefficient (Wildman–Crippen LogP) is 1.77. The Balaban J connectivity index is 1.48. The number of hydrogen-bond donors (Lipinski definition) is 1. The Morgan fingerprint density at radius 2 is 1.75 bits per heavy atom. The molecule has 0 aromatic carbocycles. The van der Waals surface area contributed by atoms with Gasteiger partial charge in [0.15, 0.2) is 0 Å². The second kappa shape index (κ2) is 4.12. The zero-order valence-corrected chi connectivity index (χ0v) is 12.7. The van der Waals surface area contributed by atoms with Gasteiger partial charge in [0.2, 0.25) is 5.91 Å². The SMILES string of the molecule is CC1(NC(=O)C2[C@H]3CN(C(=O)OC(C)(C)C)C[C@@H]23)CC1. The van der Waals surface area contributed by atoms with Crippen molar-refractivity contribution in [2.24, 2.45) is 17.8 Å². The maximum absolute atomic E-state index is 12.1. The molecular weight excluding hydrogens is 256 g/mol. The van der Waals surface area contributed by atoms with Crippen molar-refractivity contribution in [3.05, 3.63) is 0 Å². The molecule has 1 saturated heterocycles. The fraction of sp³-hybridized carbons (Fsp3) is 0.867. The van der Waals surface area contributed by atoms with Gasteiger partial charge in [-0.1, -0.05) is 0 Å². The molecule has 1 aliphatic heterocycles. The van der Waals surface area contributed by atoms with E-state index in [-0.39, 0.29) is 23.5 Å². The van der Waals surface area contributed by atoms with Crippen LogP contribution in [0.4, 0.5) is 4.79 Å². The molecule has 0 bridgehead atoms. The molecule has 20 heavy (non-hydrogen) atoms. The van der Waals surface area contributed by atoms with E-state index in [1.54, 1.807) is 4.90 Å². The largest absolute Gasteiger partial charge is 0.444 e. The molecule has 0 spiro atoms. The number of nitrogens with one attached hydrogen (secondary N) is 1. The Hall–Kier alpha value is -1.26. The van der Waals surface area contributed by atoms with Crippen molar-refractivity contribution >= 4 is 12.0 Å². The van der Waals surface area contributed by atoms with Gasteiger partial charge in [0, 0.05) is 24.5 Å². The highest BCUT2D eigenvalue weighted by molar-refractivity contribution is 5.84. The predicted molar refractivity (Wildman–Crippen MR) is 74.1 cm³/mol. The minimum Gasteiger partial charge on any atom is -0.444 e. The van der Waals surface area contributed by atoms with Crippen molar-refractivity contribution in [2.45, 2.75) is 51.7 Å². The van der Waals surface area contributed by atoms with Gasteiger partial charge in [0.1, 0.15) is 5.60 Å². The number of piperidine rings is 1. The lowest BCUT2D eigenvalue weighted by Gasteiger charge is -2.26. The summed E-state index contributed by atoms with van der Waals surface area (Å²) in [6.07, 6.45) is 1.92. The number of carbonyl (C=O) groups is 2. The van der Waals surface area contributed by atoms with Crippen LogP contribution in [0.15, 0.2) is 0 Å². The van der Waals surface area contributed by atoms with Crippen LogP contribution in [-0.2, 0) is 9.53 Å². The Morgan fingerprint density at radius 3 is 2.20 bits per heavy atom. The molecule has 3 fully saturated rings. The standard InChI is InChI=1S/C15H24N2O3/c1-14(2,3)20-13(19)17-7-9-10(8-17)11(9)12(18)16-15(4)5-6-15/h9-11H,5-8H2,1-4H3,(H,16,18)/t9-,10+,11?. The Kier molecular flexibility index (Phi) is 2.82. The van der Waals surface area contributed by atoms with E-state index < -0.39 is 5.60 Å². The summed E-state index contributed by atoms with van der Waals surface area (Å²) in [4.78, 5) is 25.8. The molecule has 2 amide bonds. The third-order valence-corrected chi connectivity index (χ3v) is 4.57. The van der Waals surface area contributed by atoms with Crippen LogP contribution in [0.5, 0.6) is 0 Å². The average Bonchev–Trinajstić information content (AvgIpc) is 3.13. The van der Waals surface area contributed by atoms with Gasteiger partial charge in [-0.15, -0.1) is 0 Å². The molecular formula is C15H24N2O3. The Morgan fingerprint density at radius 1 is 1.20 bits per heavy atom. The number of rotatable bonds is 2. The topological polar surface area (TPSA) is 58.6 Å². The summed E-state index contributed by atoms with van der Waals surface area (Å²) < 4.78 is 5.36. The monoisotopic (exact) mass is 280 g/mol. The summed E-state index contributed by atoms with van der Waals surface area (Å²) in [6, 6.07) is 0. The van der Waals surface area contributed by atoms with Gasteiger partial charge >= 0.3 is 6.09 Å². The minimum absolute atomic E-state index is 0.0544. The van der Waals surface area contributed by atoms with Gasteiger partial charge in [0.05, 0.1) is 0 Å². The number of ether oxygens (including phenoxy) is 1. The van der Waals surface area contributed by atoms with E-state index in [1.165, 1.54) is 0 Å². The molecule has 1 heterocycles. The number of amides is 2. The minimum atomic E-state index is -0.457. The van der Waals surface area contributed by atoms with Gasteiger partial charge in [-0.05, 0) is 52.4 Å². The fourth-order valence-corrected chi connectivity index (χ4v) is 3.08. The van der Waals surface area contributed by atoms with Crippen LogP contribution in [0.3, 0.4) is 0 Å². The second-order valence-electron chi connectivity index (χ2n) is 7.79. The smallest absolute Gasteiger partial charge is 0.410 e. The van der Waals surface area contributed by atoms with Crippen molar-refractivity contribution < 1.29 is 14.3 Å². The molecule has 5 heteroatoms. The summed E-state index contributed by atoms with van der Waals surface area (Å²) in [7, 11) is 0. The highest BCUT2D eigenvalue weighted by Crippen LogP contribution is 2.52. The number of nitrogens with zero attached hydrogens (tertiary/aromatic N) is 1. The number of hydrogen-bond acceptors (Lipinski definition) is 3. The lowest BCUT2D eigenvalue weighted by atomic mass is 10.2. The van der Waals surface area contributed by atoms with Gasteiger partial charge in [-0.25, -0.2) is 4.79 Å². The summed E-state index contributed by atoms with van der Waals surface area (Å²) in [5.74, 6) is 0.977. The maximum Gasteiger partial charge on any atom is 0.410 e. The van der Waals surface area contributed by atoms with Crippen LogP contribution in [0.2, 0.25) is 0 Å². The van der Waals surface area contributed by atoms with Crippen LogP contribution < -0.4 is 5.32 Å². The summed E-state index contributed by atoms with van der Waals surface area (Å²) in [5.41, 5.74) is -0.403. The van der Waals surface area contributed by atoms with Crippen LogP contribution in [0.25, 0.3) is 0 Å². The molecule has 3 atom stereocenters. The molecule has 0 aromatic rings. The summed E-state index contributed by atoms with van der Waals surface area (Å²) >= 11 is 0. The first-order chi connectivity index (χ1) is 9.19. The zero-order valence-electron chi connectivity index (χ0n) is 12.7. The zero-order chi connectivity index (χ0) is 14.7. The summed E-state index contributed by atoms with van der Waals surface area (Å²) in [6.45, 7) is 9.02. The molecule has 1 N–H and O–H groups in total. The van der Waals surface area contributed by atoms with E-state index in [9.17, 15) is 9.59 Å². The third-order valence-electron chi connectivity index (χ3n) is 4.57. The molecule has 1 unspecified atom stereocenters. The number of likely N-dealkylation sites (tertiary alicyclic amines) is 1. The normalized spacial score (nSPS) is 33.4. The third kappa shape index (κ3) is 2.63. The first-order valence-electron chi connectivity index (χ1n) is 7.48. The van der Waals surface area contributed by atoms with Gasteiger partial charge in [-0.2, -0.15) is 0 Å². The highest BCUT2D eigenvalue weighted by atomic mass is 16.6. The van der Waals surface area contributed by atoms with E-state index in [4.69, 9.17) is 4.74 Å². The van der Waals surface area contributed by atoms with E-state index in [2.05, 4.69) is 12.2 Å². The van der Waals surface area contributed by atoms with Crippen molar-refractivity contribution in [1.29, 1.82) is 0 Å². The molecule has 5 nitrogen and oxygen atoms in total.